The van der Waals surface area contributed by atoms with Crippen LogP contribution in [0.2, 0.25) is 0 Å². The van der Waals surface area contributed by atoms with Gasteiger partial charge in [0.1, 0.15) is 17.6 Å². The number of fused-ring (bicyclic) bond motifs is 1. The van der Waals surface area contributed by atoms with Crippen molar-refractivity contribution >= 4 is 61.4 Å². The van der Waals surface area contributed by atoms with Gasteiger partial charge in [-0.15, -0.1) is 11.3 Å². The monoisotopic (exact) mass is 562 g/mol. The molecular weight excluding hydrogens is 536 g/mol. The zero-order valence-corrected chi connectivity index (χ0v) is 23.4. The summed E-state index contributed by atoms with van der Waals surface area (Å²) in [5, 5.41) is 23.0. The van der Waals surface area contributed by atoms with Crippen LogP contribution < -0.4 is 9.64 Å². The lowest BCUT2D eigenvalue weighted by Crippen LogP contribution is -2.28. The summed E-state index contributed by atoms with van der Waals surface area (Å²) in [5.74, 6) is -2.29. The van der Waals surface area contributed by atoms with Crippen LogP contribution in [0.4, 0.5) is 5.13 Å². The SMILES string of the molecule is CCOc1ccc(/C(O)=C2\C(=O)C(=O)N(c3nc4ccc(C(=O)O)cc4s3)C2c2cccs2)cc1C(C)(C)C. The highest BCUT2D eigenvalue weighted by atomic mass is 32.1. The average Bonchev–Trinajstić information content (AvgIpc) is 3.61. The highest BCUT2D eigenvalue weighted by Crippen LogP contribution is 2.46. The van der Waals surface area contributed by atoms with Gasteiger partial charge < -0.3 is 14.9 Å². The molecule has 0 aliphatic carbocycles. The quantitative estimate of drug-likeness (QED) is 0.159. The number of rotatable bonds is 6. The van der Waals surface area contributed by atoms with Gasteiger partial charge in [-0.2, -0.15) is 0 Å². The van der Waals surface area contributed by atoms with Crippen molar-refractivity contribution in [2.45, 2.75) is 39.2 Å². The van der Waals surface area contributed by atoms with Gasteiger partial charge in [0, 0.05) is 16.0 Å². The number of aromatic carboxylic acids is 1. The minimum atomic E-state index is -1.07. The Bertz CT molecular complexity index is 1650. The number of ketones is 1. The molecule has 1 aliphatic rings. The van der Waals surface area contributed by atoms with E-state index in [4.69, 9.17) is 4.74 Å². The highest BCUT2D eigenvalue weighted by molar-refractivity contribution is 7.22. The molecule has 1 fully saturated rings. The smallest absolute Gasteiger partial charge is 0.335 e. The molecule has 1 aliphatic heterocycles. The molecule has 8 nitrogen and oxygen atoms in total. The fourth-order valence-corrected chi connectivity index (χ4v) is 6.45. The van der Waals surface area contributed by atoms with E-state index in [0.717, 1.165) is 16.9 Å². The van der Waals surface area contributed by atoms with E-state index in [2.05, 4.69) is 4.98 Å². The zero-order chi connectivity index (χ0) is 28.1. The minimum Gasteiger partial charge on any atom is -0.507 e. The molecule has 2 aromatic heterocycles. The third kappa shape index (κ3) is 4.70. The molecule has 0 bridgehead atoms. The van der Waals surface area contributed by atoms with E-state index in [1.165, 1.54) is 28.4 Å². The molecule has 1 atom stereocenters. The van der Waals surface area contributed by atoms with Crippen molar-refractivity contribution < 1.29 is 29.3 Å². The summed E-state index contributed by atoms with van der Waals surface area (Å²) in [7, 11) is 0. The summed E-state index contributed by atoms with van der Waals surface area (Å²) in [6.45, 7) is 8.47. The van der Waals surface area contributed by atoms with Crippen LogP contribution in [0.25, 0.3) is 16.0 Å². The van der Waals surface area contributed by atoms with E-state index in [1.54, 1.807) is 30.3 Å². The Morgan fingerprint density at radius 3 is 2.46 bits per heavy atom. The number of anilines is 1. The van der Waals surface area contributed by atoms with Crippen molar-refractivity contribution in [2.24, 2.45) is 0 Å². The number of amides is 1. The fraction of sp³-hybridized carbons (Fsp3) is 0.241. The second-order valence-corrected chi connectivity index (χ2v) is 12.1. The number of benzene rings is 2. The Labute approximate surface area is 232 Å². The van der Waals surface area contributed by atoms with E-state index < -0.39 is 23.7 Å². The van der Waals surface area contributed by atoms with Gasteiger partial charge in [0.25, 0.3) is 5.78 Å². The largest absolute Gasteiger partial charge is 0.507 e. The molecule has 1 amide bonds. The zero-order valence-electron chi connectivity index (χ0n) is 21.7. The number of aliphatic hydroxyl groups is 1. The van der Waals surface area contributed by atoms with E-state index in [1.807, 2.05) is 39.1 Å². The van der Waals surface area contributed by atoms with Crippen LogP contribution in [-0.2, 0) is 15.0 Å². The number of carbonyl (C=O) groups is 3. The molecule has 2 N–H and O–H groups in total. The van der Waals surface area contributed by atoms with Gasteiger partial charge >= 0.3 is 11.9 Å². The van der Waals surface area contributed by atoms with Crippen molar-refractivity contribution in [1.29, 1.82) is 0 Å². The number of nitrogens with zero attached hydrogens (tertiary/aromatic N) is 2. The van der Waals surface area contributed by atoms with Gasteiger partial charge in [-0.25, -0.2) is 9.78 Å². The van der Waals surface area contributed by atoms with Crippen LogP contribution >= 0.6 is 22.7 Å². The molecule has 0 radical (unpaired) electrons. The van der Waals surface area contributed by atoms with Crippen LogP contribution in [0.15, 0.2) is 59.5 Å². The van der Waals surface area contributed by atoms with Gasteiger partial charge in [0.05, 0.1) is 28.0 Å². The average molecular weight is 563 g/mol. The number of thiophene rings is 1. The normalized spacial score (nSPS) is 17.2. The number of carboxylic acids is 1. The molecule has 0 saturated carbocycles. The third-order valence-electron chi connectivity index (χ3n) is 6.45. The number of hydrogen-bond donors (Lipinski definition) is 2. The predicted molar refractivity (Wildman–Crippen MR) is 152 cm³/mol. The van der Waals surface area contributed by atoms with Crippen LogP contribution in [0.1, 0.15) is 60.1 Å². The van der Waals surface area contributed by atoms with E-state index >= 15 is 0 Å². The summed E-state index contributed by atoms with van der Waals surface area (Å²) in [6.07, 6.45) is 0. The number of carbonyl (C=O) groups excluding carboxylic acids is 2. The number of hydrogen-bond acceptors (Lipinski definition) is 8. The van der Waals surface area contributed by atoms with Gasteiger partial charge in [-0.1, -0.05) is 38.2 Å². The minimum absolute atomic E-state index is 0.0306. The Kier molecular flexibility index (Phi) is 6.77. The van der Waals surface area contributed by atoms with Gasteiger partial charge in [-0.05, 0) is 60.2 Å². The fourth-order valence-electron chi connectivity index (χ4n) is 4.59. The van der Waals surface area contributed by atoms with Crippen LogP contribution in [0.5, 0.6) is 5.75 Å². The summed E-state index contributed by atoms with van der Waals surface area (Å²) in [4.78, 5) is 44.9. The van der Waals surface area contributed by atoms with Gasteiger partial charge in [0.15, 0.2) is 5.13 Å². The number of Topliss-reactive ketones (excluding diaryl/α,β-unsaturated/α-hetero) is 1. The van der Waals surface area contributed by atoms with E-state index in [9.17, 15) is 24.6 Å². The number of carboxylic acid groups (broad SMARTS) is 1. The summed E-state index contributed by atoms with van der Waals surface area (Å²) in [6, 6.07) is 12.5. The molecule has 1 unspecified atom stereocenters. The molecular formula is C29H26N2O6S2. The van der Waals surface area contributed by atoms with Crippen LogP contribution in [0.3, 0.4) is 0 Å². The topological polar surface area (TPSA) is 117 Å². The second-order valence-electron chi connectivity index (χ2n) is 10.1. The maximum atomic E-state index is 13.5. The molecule has 1 saturated heterocycles. The van der Waals surface area contributed by atoms with Gasteiger partial charge in [0.2, 0.25) is 0 Å². The lowest BCUT2D eigenvalue weighted by atomic mass is 9.84. The van der Waals surface area contributed by atoms with Crippen molar-refractivity contribution in [1.82, 2.24) is 4.98 Å². The Morgan fingerprint density at radius 2 is 1.82 bits per heavy atom. The lowest BCUT2D eigenvalue weighted by Gasteiger charge is -2.24. The first-order valence-corrected chi connectivity index (χ1v) is 14.0. The van der Waals surface area contributed by atoms with Crippen molar-refractivity contribution in [2.75, 3.05) is 11.5 Å². The molecule has 5 rings (SSSR count). The van der Waals surface area contributed by atoms with Crippen LogP contribution in [-0.4, -0.2) is 39.5 Å². The maximum absolute atomic E-state index is 13.5. The second kappa shape index (κ2) is 9.94. The van der Waals surface area contributed by atoms with E-state index in [0.29, 0.717) is 33.0 Å². The maximum Gasteiger partial charge on any atom is 0.335 e. The summed E-state index contributed by atoms with van der Waals surface area (Å²) in [5.41, 5.74) is 1.52. The molecule has 0 spiro atoms. The first-order valence-electron chi connectivity index (χ1n) is 12.3. The number of ether oxygens (including phenoxy) is 1. The lowest BCUT2D eigenvalue weighted by molar-refractivity contribution is -0.132. The van der Waals surface area contributed by atoms with Crippen molar-refractivity contribution in [3.63, 3.8) is 0 Å². The summed E-state index contributed by atoms with van der Waals surface area (Å²) < 4.78 is 6.37. The molecule has 200 valence electrons. The highest BCUT2D eigenvalue weighted by Gasteiger charge is 2.48. The molecule has 2 aromatic carbocycles. The summed E-state index contributed by atoms with van der Waals surface area (Å²) >= 11 is 2.47. The number of aromatic nitrogens is 1. The first-order chi connectivity index (χ1) is 18.5. The molecule has 4 aromatic rings. The molecule has 10 heteroatoms. The molecule has 3 heterocycles. The standard InChI is InChI=1S/C29H26N2O6S2/c1-5-37-19-11-9-15(13-17(19)29(2,3)4)24(32)22-23(20-7-6-12-38-20)31(26(34)25(22)33)28-30-18-10-8-16(27(35)36)14-21(18)39-28/h6-14,23,32H,5H2,1-4H3,(H,35,36)/b24-22+. The van der Waals surface area contributed by atoms with Crippen molar-refractivity contribution in [3.05, 3.63) is 81.1 Å². The number of aliphatic hydroxyl groups excluding tert-OH is 1. The first kappa shape index (κ1) is 26.6. The predicted octanol–water partition coefficient (Wildman–Crippen LogP) is 6.38. The third-order valence-corrected chi connectivity index (χ3v) is 8.39. The Balaban J connectivity index is 1.68. The Morgan fingerprint density at radius 1 is 1.08 bits per heavy atom. The number of thiazole rings is 1. The molecule has 39 heavy (non-hydrogen) atoms. The Hall–Kier alpha value is -4.02. The van der Waals surface area contributed by atoms with Gasteiger partial charge in [-0.3, -0.25) is 14.5 Å². The van der Waals surface area contributed by atoms with Crippen molar-refractivity contribution in [3.8, 4) is 5.75 Å². The van der Waals surface area contributed by atoms with Crippen LogP contribution in [0, 0.1) is 0 Å². The van der Waals surface area contributed by atoms with E-state index in [-0.39, 0.29) is 27.4 Å².